The summed E-state index contributed by atoms with van der Waals surface area (Å²) < 4.78 is 48.1. The molecular formula is C26H26FNO5S. The van der Waals surface area contributed by atoms with Gasteiger partial charge in [-0.25, -0.2) is 17.6 Å². The first kappa shape index (κ1) is 23.8. The average Bonchev–Trinajstić information content (AvgIpc) is 2.85. The SMILES string of the molecule is COc1cc(C(=O)O)ccc1NS(=O)(=O)c1cc(-c2ccc(C3CCCCC3)cc2)ccc1F. The molecule has 0 spiro atoms. The highest BCUT2D eigenvalue weighted by molar-refractivity contribution is 7.92. The number of hydrogen-bond acceptors (Lipinski definition) is 4. The third-order valence-electron chi connectivity index (χ3n) is 6.23. The van der Waals surface area contributed by atoms with Crippen molar-refractivity contribution >= 4 is 21.7 Å². The lowest BCUT2D eigenvalue weighted by molar-refractivity contribution is 0.0696. The highest BCUT2D eigenvalue weighted by atomic mass is 32.2. The molecule has 8 heteroatoms. The van der Waals surface area contributed by atoms with Gasteiger partial charge in [-0.15, -0.1) is 0 Å². The maximum Gasteiger partial charge on any atom is 0.335 e. The van der Waals surface area contributed by atoms with Gasteiger partial charge in [0, 0.05) is 0 Å². The minimum Gasteiger partial charge on any atom is -0.495 e. The van der Waals surface area contributed by atoms with E-state index in [2.05, 4.69) is 16.9 Å². The molecule has 0 atom stereocenters. The number of sulfonamides is 1. The third kappa shape index (κ3) is 5.07. The lowest BCUT2D eigenvalue weighted by atomic mass is 9.84. The fraction of sp³-hybridized carbons (Fsp3) is 0.269. The van der Waals surface area contributed by atoms with Gasteiger partial charge in [0.2, 0.25) is 0 Å². The van der Waals surface area contributed by atoms with Crippen molar-refractivity contribution in [2.45, 2.75) is 42.9 Å². The quantitative estimate of drug-likeness (QED) is 0.427. The highest BCUT2D eigenvalue weighted by Crippen LogP contribution is 2.34. The Hall–Kier alpha value is -3.39. The van der Waals surface area contributed by atoms with Crippen LogP contribution in [0.15, 0.2) is 65.6 Å². The minimum absolute atomic E-state index is 0.00846. The molecule has 1 saturated carbocycles. The van der Waals surface area contributed by atoms with Crippen molar-refractivity contribution in [1.82, 2.24) is 0 Å². The number of rotatable bonds is 7. The van der Waals surface area contributed by atoms with Gasteiger partial charge in [0.05, 0.1) is 18.4 Å². The second-order valence-electron chi connectivity index (χ2n) is 8.43. The number of aromatic carboxylic acids is 1. The van der Waals surface area contributed by atoms with Gasteiger partial charge in [-0.05, 0) is 65.8 Å². The normalized spacial score (nSPS) is 14.5. The molecule has 3 aromatic carbocycles. The van der Waals surface area contributed by atoms with Gasteiger partial charge < -0.3 is 9.84 Å². The molecule has 0 radical (unpaired) electrons. The molecule has 1 aliphatic carbocycles. The summed E-state index contributed by atoms with van der Waals surface area (Å²) in [5.41, 5.74) is 2.58. The van der Waals surface area contributed by atoms with Crippen molar-refractivity contribution < 1.29 is 27.4 Å². The Bertz CT molecular complexity index is 1300. The molecule has 0 amide bonds. The minimum atomic E-state index is -4.32. The van der Waals surface area contributed by atoms with Gasteiger partial charge in [-0.1, -0.05) is 49.6 Å². The number of ether oxygens (including phenoxy) is 1. The van der Waals surface area contributed by atoms with Crippen LogP contribution in [-0.2, 0) is 10.0 Å². The maximum atomic E-state index is 14.6. The van der Waals surface area contributed by atoms with Crippen LogP contribution >= 0.6 is 0 Å². The largest absolute Gasteiger partial charge is 0.495 e. The summed E-state index contributed by atoms with van der Waals surface area (Å²) in [5, 5.41) is 9.13. The van der Waals surface area contributed by atoms with E-state index in [-0.39, 0.29) is 17.0 Å². The Morgan fingerprint density at radius 3 is 2.29 bits per heavy atom. The zero-order valence-corrected chi connectivity index (χ0v) is 19.6. The Morgan fingerprint density at radius 1 is 0.971 bits per heavy atom. The summed E-state index contributed by atoms with van der Waals surface area (Å²) in [6.45, 7) is 0. The van der Waals surface area contributed by atoms with Gasteiger partial charge in [0.1, 0.15) is 16.5 Å². The van der Waals surface area contributed by atoms with Crippen LogP contribution in [0.4, 0.5) is 10.1 Å². The third-order valence-corrected chi connectivity index (χ3v) is 7.61. The maximum absolute atomic E-state index is 14.6. The Labute approximate surface area is 198 Å². The Balaban J connectivity index is 1.62. The molecule has 3 aromatic rings. The number of carbonyl (C=O) groups is 1. The first-order valence-corrected chi connectivity index (χ1v) is 12.6. The highest BCUT2D eigenvalue weighted by Gasteiger charge is 2.23. The number of halogens is 1. The van der Waals surface area contributed by atoms with Crippen molar-refractivity contribution in [2.75, 3.05) is 11.8 Å². The van der Waals surface area contributed by atoms with Gasteiger partial charge in [0.25, 0.3) is 10.0 Å². The van der Waals surface area contributed by atoms with Gasteiger partial charge in [-0.2, -0.15) is 0 Å². The number of nitrogens with one attached hydrogen (secondary N) is 1. The molecule has 0 aliphatic heterocycles. The zero-order valence-electron chi connectivity index (χ0n) is 18.8. The van der Waals surface area contributed by atoms with E-state index in [1.54, 1.807) is 6.07 Å². The monoisotopic (exact) mass is 483 g/mol. The fourth-order valence-corrected chi connectivity index (χ4v) is 5.56. The predicted molar refractivity (Wildman–Crippen MR) is 128 cm³/mol. The van der Waals surface area contributed by atoms with E-state index in [1.165, 1.54) is 69.0 Å². The van der Waals surface area contributed by atoms with Gasteiger partial charge >= 0.3 is 5.97 Å². The lowest BCUT2D eigenvalue weighted by Crippen LogP contribution is -2.15. The van der Waals surface area contributed by atoms with E-state index in [0.717, 1.165) is 11.6 Å². The van der Waals surface area contributed by atoms with Crippen LogP contribution in [0, 0.1) is 5.82 Å². The van der Waals surface area contributed by atoms with Gasteiger partial charge in [0.15, 0.2) is 0 Å². The predicted octanol–water partition coefficient (Wildman–Crippen LogP) is 6.05. The first-order chi connectivity index (χ1) is 16.3. The van der Waals surface area contributed by atoms with Crippen LogP contribution in [0.2, 0.25) is 0 Å². The molecule has 6 nitrogen and oxygen atoms in total. The van der Waals surface area contributed by atoms with E-state index >= 15 is 0 Å². The van der Waals surface area contributed by atoms with Crippen LogP contribution in [-0.4, -0.2) is 26.6 Å². The molecule has 34 heavy (non-hydrogen) atoms. The molecule has 0 bridgehead atoms. The summed E-state index contributed by atoms with van der Waals surface area (Å²) in [6.07, 6.45) is 6.12. The molecule has 2 N–H and O–H groups in total. The van der Waals surface area contributed by atoms with Crippen molar-refractivity contribution in [3.8, 4) is 16.9 Å². The van der Waals surface area contributed by atoms with Crippen molar-refractivity contribution in [1.29, 1.82) is 0 Å². The molecule has 0 aromatic heterocycles. The molecule has 4 rings (SSSR count). The lowest BCUT2D eigenvalue weighted by Gasteiger charge is -2.22. The Morgan fingerprint density at radius 2 is 1.65 bits per heavy atom. The van der Waals surface area contributed by atoms with E-state index in [0.29, 0.717) is 11.5 Å². The summed E-state index contributed by atoms with van der Waals surface area (Å²) in [7, 11) is -3.03. The topological polar surface area (TPSA) is 92.7 Å². The van der Waals surface area contributed by atoms with E-state index in [1.807, 2.05) is 12.1 Å². The second-order valence-corrected chi connectivity index (χ2v) is 10.1. The molecular weight excluding hydrogens is 457 g/mol. The number of carboxylic acid groups (broad SMARTS) is 1. The second kappa shape index (κ2) is 9.85. The fourth-order valence-electron chi connectivity index (χ4n) is 4.38. The molecule has 0 unspecified atom stereocenters. The number of methoxy groups -OCH3 is 1. The number of benzene rings is 3. The van der Waals surface area contributed by atoms with E-state index < -0.39 is 26.7 Å². The van der Waals surface area contributed by atoms with E-state index in [9.17, 15) is 17.6 Å². The van der Waals surface area contributed by atoms with Crippen LogP contribution in [0.3, 0.4) is 0 Å². The first-order valence-electron chi connectivity index (χ1n) is 11.1. The molecule has 178 valence electrons. The summed E-state index contributed by atoms with van der Waals surface area (Å²) in [6, 6.07) is 15.7. The van der Waals surface area contributed by atoms with Crippen LogP contribution in [0.5, 0.6) is 5.75 Å². The molecule has 1 fully saturated rings. The van der Waals surface area contributed by atoms with Crippen molar-refractivity contribution in [3.05, 3.63) is 77.6 Å². The average molecular weight is 484 g/mol. The number of hydrogen-bond donors (Lipinski definition) is 2. The van der Waals surface area contributed by atoms with Gasteiger partial charge in [-0.3, -0.25) is 4.72 Å². The van der Waals surface area contributed by atoms with Crippen molar-refractivity contribution in [3.63, 3.8) is 0 Å². The number of carboxylic acids is 1. The molecule has 1 aliphatic rings. The van der Waals surface area contributed by atoms with Crippen LogP contribution in [0.25, 0.3) is 11.1 Å². The summed E-state index contributed by atoms with van der Waals surface area (Å²) in [4.78, 5) is 10.7. The number of anilines is 1. The molecule has 0 saturated heterocycles. The standard InChI is InChI=1S/C26H26FNO5S/c1-33-24-15-21(26(29)30)12-14-23(24)28-34(31,32)25-16-20(11-13-22(25)27)19-9-7-18(8-10-19)17-5-3-2-4-6-17/h7-17,28H,2-6H2,1H3,(H,29,30). The molecule has 0 heterocycles. The van der Waals surface area contributed by atoms with Crippen LogP contribution in [0.1, 0.15) is 53.9 Å². The van der Waals surface area contributed by atoms with Crippen molar-refractivity contribution in [2.24, 2.45) is 0 Å². The Kier molecular flexibility index (Phi) is 6.88. The zero-order chi connectivity index (χ0) is 24.3. The van der Waals surface area contributed by atoms with Crippen LogP contribution < -0.4 is 9.46 Å². The summed E-state index contributed by atoms with van der Waals surface area (Å²) >= 11 is 0. The smallest absolute Gasteiger partial charge is 0.335 e. The van der Waals surface area contributed by atoms with E-state index in [4.69, 9.17) is 9.84 Å². The summed E-state index contributed by atoms with van der Waals surface area (Å²) in [5.74, 6) is -1.51.